The summed E-state index contributed by atoms with van der Waals surface area (Å²) >= 11 is 0. The van der Waals surface area contributed by atoms with E-state index in [0.717, 1.165) is 4.90 Å². The van der Waals surface area contributed by atoms with E-state index in [-0.39, 0.29) is 25.4 Å². The lowest BCUT2D eigenvalue weighted by atomic mass is 10.0. The Balaban J connectivity index is 1.78. The number of rotatable bonds is 9. The van der Waals surface area contributed by atoms with Gasteiger partial charge < -0.3 is 10.1 Å². The van der Waals surface area contributed by atoms with Crippen LogP contribution >= 0.6 is 0 Å². The highest BCUT2D eigenvalue weighted by Crippen LogP contribution is 2.31. The maximum Gasteiger partial charge on any atom is 0.249 e. The Bertz CT molecular complexity index is 1330. The number of ether oxygens (including phenoxy) is 1. The molecule has 0 saturated heterocycles. The summed E-state index contributed by atoms with van der Waals surface area (Å²) in [7, 11) is 1.49. The van der Waals surface area contributed by atoms with E-state index in [2.05, 4.69) is 15.6 Å². The number of methoxy groups -OCH3 is 1. The smallest absolute Gasteiger partial charge is 0.249 e. The molecule has 1 atom stereocenters. The Morgan fingerprint density at radius 3 is 2.49 bits per heavy atom. The Hall–Kier alpha value is -4.18. The van der Waals surface area contributed by atoms with Crippen LogP contribution in [0.15, 0.2) is 72.8 Å². The van der Waals surface area contributed by atoms with Gasteiger partial charge in [0.05, 0.1) is 17.8 Å². The average Bonchev–Trinajstić information content (AvgIpc) is 3.26. The first-order chi connectivity index (χ1) is 17.0. The molecule has 1 unspecified atom stereocenters. The highest BCUT2D eigenvalue weighted by molar-refractivity contribution is 6.01. The lowest BCUT2D eigenvalue weighted by Gasteiger charge is -2.31. The topological polar surface area (TPSA) is 89.4 Å². The van der Waals surface area contributed by atoms with Crippen LogP contribution in [0.5, 0.6) is 0 Å². The van der Waals surface area contributed by atoms with Crippen LogP contribution < -0.4 is 10.2 Å². The van der Waals surface area contributed by atoms with Crippen LogP contribution in [0.3, 0.4) is 0 Å². The van der Waals surface area contributed by atoms with Crippen LogP contribution in [0.25, 0.3) is 11.0 Å². The van der Waals surface area contributed by atoms with Crippen molar-refractivity contribution in [2.24, 2.45) is 0 Å². The highest BCUT2D eigenvalue weighted by atomic mass is 19.1. The Kier molecular flexibility index (Phi) is 7.41. The molecule has 35 heavy (non-hydrogen) atoms. The average molecular weight is 479 g/mol. The van der Waals surface area contributed by atoms with Gasteiger partial charge in [0.2, 0.25) is 11.8 Å². The molecule has 0 spiro atoms. The summed E-state index contributed by atoms with van der Waals surface area (Å²) in [5.41, 5.74) is 1.40. The van der Waals surface area contributed by atoms with Gasteiger partial charge in [-0.05, 0) is 42.0 Å². The van der Waals surface area contributed by atoms with Gasteiger partial charge in [0, 0.05) is 13.7 Å². The van der Waals surface area contributed by atoms with Gasteiger partial charge in [0.15, 0.2) is 0 Å². The number of aromatic nitrogens is 3. The summed E-state index contributed by atoms with van der Waals surface area (Å²) in [5, 5.41) is 10.8. The van der Waals surface area contributed by atoms with E-state index in [0.29, 0.717) is 16.6 Å². The monoisotopic (exact) mass is 479 g/mol. The van der Waals surface area contributed by atoms with Gasteiger partial charge in [-0.3, -0.25) is 14.5 Å². The number of carbonyl (C=O) groups is 2. The van der Waals surface area contributed by atoms with Crippen molar-refractivity contribution in [3.8, 4) is 0 Å². The number of hydrogen-bond acceptors (Lipinski definition) is 5. The molecule has 2 amide bonds. The number of benzene rings is 3. The molecular weight excluding hydrogens is 456 g/mol. The normalized spacial score (nSPS) is 11.9. The number of amides is 2. The zero-order valence-corrected chi connectivity index (χ0v) is 18.9. The van der Waals surface area contributed by atoms with E-state index >= 15 is 4.39 Å². The molecular formula is C25H23F2N5O3. The third kappa shape index (κ3) is 5.33. The highest BCUT2D eigenvalue weighted by Gasteiger charge is 2.34. The second-order valence-corrected chi connectivity index (χ2v) is 7.69. The fraction of sp³-hybridized carbons (Fsp3) is 0.200. The van der Waals surface area contributed by atoms with E-state index in [1.807, 2.05) is 0 Å². The van der Waals surface area contributed by atoms with E-state index in [1.54, 1.807) is 30.3 Å². The summed E-state index contributed by atoms with van der Waals surface area (Å²) in [4.78, 5) is 28.1. The number of nitrogens with one attached hydrogen (secondary N) is 1. The maximum absolute atomic E-state index is 15.0. The van der Waals surface area contributed by atoms with Crippen molar-refractivity contribution in [1.82, 2.24) is 20.3 Å². The predicted octanol–water partition coefficient (Wildman–Crippen LogP) is 3.25. The Morgan fingerprint density at radius 1 is 1.03 bits per heavy atom. The van der Waals surface area contributed by atoms with E-state index in [1.165, 1.54) is 54.3 Å². The van der Waals surface area contributed by atoms with E-state index < -0.39 is 29.5 Å². The molecule has 0 fully saturated rings. The lowest BCUT2D eigenvalue weighted by molar-refractivity contribution is -0.127. The van der Waals surface area contributed by atoms with Gasteiger partial charge in [-0.2, -0.15) is 0 Å². The summed E-state index contributed by atoms with van der Waals surface area (Å²) in [6, 6.07) is 16.6. The molecule has 4 aromatic rings. The van der Waals surface area contributed by atoms with Crippen molar-refractivity contribution >= 4 is 28.5 Å². The van der Waals surface area contributed by atoms with Crippen molar-refractivity contribution in [3.63, 3.8) is 0 Å². The summed E-state index contributed by atoms with van der Waals surface area (Å²) in [6.07, 6.45) is 0. The van der Waals surface area contributed by atoms with Crippen LogP contribution in [0.1, 0.15) is 11.6 Å². The van der Waals surface area contributed by atoms with Crippen LogP contribution in [0.2, 0.25) is 0 Å². The fourth-order valence-corrected chi connectivity index (χ4v) is 3.74. The maximum atomic E-state index is 15.0. The molecule has 8 nitrogen and oxygen atoms in total. The number of halogens is 2. The minimum absolute atomic E-state index is 0.0989. The van der Waals surface area contributed by atoms with Crippen LogP contribution in [0, 0.1) is 11.6 Å². The fourth-order valence-electron chi connectivity index (χ4n) is 3.74. The quantitative estimate of drug-likeness (QED) is 0.373. The van der Waals surface area contributed by atoms with Gasteiger partial charge >= 0.3 is 0 Å². The van der Waals surface area contributed by atoms with Crippen molar-refractivity contribution < 1.29 is 23.1 Å². The largest absolute Gasteiger partial charge is 0.383 e. The molecule has 0 saturated carbocycles. The molecule has 4 rings (SSSR count). The van der Waals surface area contributed by atoms with Crippen molar-refractivity contribution in [2.45, 2.75) is 12.6 Å². The molecule has 1 aromatic heterocycles. The van der Waals surface area contributed by atoms with Gasteiger partial charge in [-0.25, -0.2) is 13.5 Å². The molecule has 3 aromatic carbocycles. The van der Waals surface area contributed by atoms with Crippen LogP contribution in [0.4, 0.5) is 14.5 Å². The SMILES string of the molecule is COCCNC(=O)C(c1ccc(F)cc1)N(C(=O)Cn1nnc2ccccc21)c1ccccc1F. The lowest BCUT2D eigenvalue weighted by Crippen LogP contribution is -2.46. The Morgan fingerprint density at radius 2 is 1.74 bits per heavy atom. The molecule has 0 aliphatic heterocycles. The zero-order chi connectivity index (χ0) is 24.8. The summed E-state index contributed by atoms with van der Waals surface area (Å²) in [5.74, 6) is -2.39. The predicted molar refractivity (Wildman–Crippen MR) is 125 cm³/mol. The molecule has 180 valence electrons. The van der Waals surface area contributed by atoms with Crippen molar-refractivity contribution in [1.29, 1.82) is 0 Å². The summed E-state index contributed by atoms with van der Waals surface area (Å²) in [6.45, 7) is 0.0956. The second kappa shape index (κ2) is 10.8. The number of fused-ring (bicyclic) bond motifs is 1. The first-order valence-electron chi connectivity index (χ1n) is 10.9. The second-order valence-electron chi connectivity index (χ2n) is 7.69. The third-order valence-corrected chi connectivity index (χ3v) is 5.38. The van der Waals surface area contributed by atoms with Gasteiger partial charge in [-0.1, -0.05) is 41.6 Å². The van der Waals surface area contributed by atoms with Gasteiger partial charge in [-0.15, -0.1) is 5.10 Å². The molecule has 1 N–H and O–H groups in total. The standard InChI is InChI=1S/C25H23F2N5O3/c1-35-15-14-28-25(34)24(17-10-12-18(26)13-11-17)32(21-8-4-2-6-19(21)27)23(33)16-31-22-9-5-3-7-20(22)29-30-31/h2-13,24H,14-16H2,1H3,(H,28,34). The Labute approximate surface area is 200 Å². The van der Waals surface area contributed by atoms with Crippen molar-refractivity contribution in [3.05, 3.63) is 90.0 Å². The number of anilines is 1. The van der Waals surface area contributed by atoms with Crippen LogP contribution in [-0.4, -0.2) is 47.1 Å². The zero-order valence-electron chi connectivity index (χ0n) is 18.9. The summed E-state index contributed by atoms with van der Waals surface area (Å²) < 4.78 is 35.0. The molecule has 0 aliphatic carbocycles. The molecule has 0 aliphatic rings. The first kappa shape index (κ1) is 24.0. The van der Waals surface area contributed by atoms with Crippen LogP contribution in [-0.2, 0) is 20.9 Å². The molecule has 10 heteroatoms. The number of nitrogens with zero attached hydrogens (tertiary/aromatic N) is 4. The number of hydrogen-bond donors (Lipinski definition) is 1. The minimum Gasteiger partial charge on any atom is -0.383 e. The van der Waals surface area contributed by atoms with E-state index in [4.69, 9.17) is 4.74 Å². The number of para-hydroxylation sites is 2. The minimum atomic E-state index is -1.29. The van der Waals surface area contributed by atoms with Crippen molar-refractivity contribution in [2.75, 3.05) is 25.2 Å². The first-order valence-corrected chi connectivity index (χ1v) is 10.9. The van der Waals surface area contributed by atoms with Gasteiger partial charge in [0.1, 0.15) is 29.7 Å². The van der Waals surface area contributed by atoms with Gasteiger partial charge in [0.25, 0.3) is 0 Å². The van der Waals surface area contributed by atoms with E-state index in [9.17, 15) is 14.0 Å². The molecule has 0 bridgehead atoms. The number of carbonyl (C=O) groups excluding carboxylic acids is 2. The molecule has 1 heterocycles. The molecule has 0 radical (unpaired) electrons. The third-order valence-electron chi connectivity index (χ3n) is 5.38.